The van der Waals surface area contributed by atoms with Gasteiger partial charge in [0.25, 0.3) is 5.91 Å². The summed E-state index contributed by atoms with van der Waals surface area (Å²) in [6, 6.07) is 14.6. The van der Waals surface area contributed by atoms with Crippen molar-refractivity contribution in [3.63, 3.8) is 0 Å². The second kappa shape index (κ2) is 8.46. The van der Waals surface area contributed by atoms with E-state index in [0.717, 1.165) is 23.3 Å². The average Bonchev–Trinajstić information content (AvgIpc) is 3.19. The first kappa shape index (κ1) is 18.6. The highest BCUT2D eigenvalue weighted by Gasteiger charge is 2.12. The molecule has 0 spiro atoms. The number of nitrogens with two attached hydrogens (primary N) is 1. The molecule has 2 amide bonds. The van der Waals surface area contributed by atoms with Crippen LogP contribution in [0.2, 0.25) is 0 Å². The fraction of sp³-hybridized carbons (Fsp3) is 0.150. The number of benzene rings is 2. The Morgan fingerprint density at radius 2 is 1.81 bits per heavy atom. The molecule has 3 aromatic rings. The first-order valence-corrected chi connectivity index (χ1v) is 9.15. The smallest absolute Gasteiger partial charge is 0.263 e. The Hall–Kier alpha value is -3.19. The zero-order valence-electron chi connectivity index (χ0n) is 14.8. The summed E-state index contributed by atoms with van der Waals surface area (Å²) in [5, 5.41) is 3.62. The highest BCUT2D eigenvalue weighted by Crippen LogP contribution is 2.25. The predicted octanol–water partition coefficient (Wildman–Crippen LogP) is 2.89. The molecule has 0 radical (unpaired) electrons. The van der Waals surface area contributed by atoms with Crippen molar-refractivity contribution in [1.29, 1.82) is 0 Å². The maximum Gasteiger partial charge on any atom is 0.263 e. The van der Waals surface area contributed by atoms with E-state index in [1.807, 2.05) is 24.3 Å². The molecule has 1 aromatic heterocycles. The third-order valence-electron chi connectivity index (χ3n) is 4.00. The number of primary amides is 1. The Morgan fingerprint density at radius 3 is 2.44 bits per heavy atom. The fourth-order valence-electron chi connectivity index (χ4n) is 2.49. The van der Waals surface area contributed by atoms with E-state index < -0.39 is 5.91 Å². The Morgan fingerprint density at radius 1 is 1.11 bits per heavy atom. The lowest BCUT2D eigenvalue weighted by atomic mass is 10.1. The third kappa shape index (κ3) is 4.71. The van der Waals surface area contributed by atoms with Crippen molar-refractivity contribution in [2.24, 2.45) is 5.73 Å². The number of nitrogens with zero attached hydrogens (tertiary/aromatic N) is 1. The van der Waals surface area contributed by atoms with Crippen LogP contribution in [0.5, 0.6) is 5.75 Å². The number of amides is 2. The van der Waals surface area contributed by atoms with Crippen LogP contribution < -0.4 is 15.8 Å². The van der Waals surface area contributed by atoms with E-state index in [-0.39, 0.29) is 5.91 Å². The molecule has 0 fully saturated rings. The van der Waals surface area contributed by atoms with Gasteiger partial charge in [-0.2, -0.15) is 0 Å². The number of carbonyl (C=O) groups excluding carboxylic acids is 2. The van der Waals surface area contributed by atoms with Gasteiger partial charge in [0.15, 0.2) is 0 Å². The van der Waals surface area contributed by atoms with E-state index in [2.05, 4.69) is 10.3 Å². The molecule has 0 atom stereocenters. The Bertz CT molecular complexity index is 934. The summed E-state index contributed by atoms with van der Waals surface area (Å²) < 4.78 is 5.13. The van der Waals surface area contributed by atoms with E-state index in [1.54, 1.807) is 37.6 Å². The molecular weight excluding hydrogens is 362 g/mol. The summed E-state index contributed by atoms with van der Waals surface area (Å²) in [5.41, 5.74) is 7.63. The second-order valence-electron chi connectivity index (χ2n) is 5.83. The minimum absolute atomic E-state index is 0.152. The van der Waals surface area contributed by atoms with Gasteiger partial charge in [0.05, 0.1) is 13.3 Å². The van der Waals surface area contributed by atoms with Gasteiger partial charge in [0.1, 0.15) is 15.6 Å². The predicted molar refractivity (Wildman–Crippen MR) is 105 cm³/mol. The Balaban J connectivity index is 1.56. The lowest BCUT2D eigenvalue weighted by Gasteiger charge is -2.05. The van der Waals surface area contributed by atoms with Gasteiger partial charge in [0, 0.05) is 17.7 Å². The standard InChI is InChI=1S/C20H19N3O3S/c1-26-16-8-2-13(3-9-16)10-11-22-19(25)17-12-23-20(27-17)15-6-4-14(5-7-15)18(21)24/h2-9,12H,10-11H2,1H3,(H2,21,24)(H,22,25). The minimum atomic E-state index is -0.474. The van der Waals surface area contributed by atoms with Gasteiger partial charge in [-0.05, 0) is 36.2 Å². The van der Waals surface area contributed by atoms with Crippen LogP contribution in [0.25, 0.3) is 10.6 Å². The van der Waals surface area contributed by atoms with Crippen molar-refractivity contribution in [1.82, 2.24) is 10.3 Å². The summed E-state index contributed by atoms with van der Waals surface area (Å²) in [4.78, 5) is 28.3. The molecule has 3 N–H and O–H groups in total. The van der Waals surface area contributed by atoms with Crippen LogP contribution in [0.3, 0.4) is 0 Å². The number of hydrogen-bond acceptors (Lipinski definition) is 5. The molecule has 0 aliphatic carbocycles. The maximum atomic E-state index is 12.3. The largest absolute Gasteiger partial charge is 0.497 e. The van der Waals surface area contributed by atoms with Crippen molar-refractivity contribution in [2.75, 3.05) is 13.7 Å². The van der Waals surface area contributed by atoms with Gasteiger partial charge in [-0.25, -0.2) is 4.98 Å². The molecule has 138 valence electrons. The summed E-state index contributed by atoms with van der Waals surface area (Å²) in [7, 11) is 1.63. The van der Waals surface area contributed by atoms with Crippen LogP contribution in [0, 0.1) is 0 Å². The van der Waals surface area contributed by atoms with Crippen LogP contribution in [-0.2, 0) is 6.42 Å². The van der Waals surface area contributed by atoms with Gasteiger partial charge in [-0.1, -0.05) is 24.3 Å². The highest BCUT2D eigenvalue weighted by molar-refractivity contribution is 7.16. The number of ether oxygens (including phenoxy) is 1. The Labute approximate surface area is 161 Å². The number of rotatable bonds is 7. The molecule has 0 aliphatic rings. The van der Waals surface area contributed by atoms with E-state index in [1.165, 1.54) is 11.3 Å². The SMILES string of the molecule is COc1ccc(CCNC(=O)c2cnc(-c3ccc(C(N)=O)cc3)s2)cc1. The average molecular weight is 381 g/mol. The molecule has 0 bridgehead atoms. The molecular formula is C20H19N3O3S. The first-order valence-electron chi connectivity index (χ1n) is 8.34. The van der Waals surface area contributed by atoms with Crippen molar-refractivity contribution in [2.45, 2.75) is 6.42 Å². The molecule has 3 rings (SSSR count). The van der Waals surface area contributed by atoms with Gasteiger partial charge < -0.3 is 15.8 Å². The monoisotopic (exact) mass is 381 g/mol. The van der Waals surface area contributed by atoms with E-state index in [0.29, 0.717) is 22.0 Å². The molecule has 0 saturated carbocycles. The van der Waals surface area contributed by atoms with Crippen molar-refractivity contribution in [3.8, 4) is 16.3 Å². The van der Waals surface area contributed by atoms with Gasteiger partial charge in [0.2, 0.25) is 5.91 Å². The Kier molecular flexibility index (Phi) is 5.83. The number of methoxy groups -OCH3 is 1. The summed E-state index contributed by atoms with van der Waals surface area (Å²) in [6.07, 6.45) is 2.29. The van der Waals surface area contributed by atoms with E-state index in [4.69, 9.17) is 10.5 Å². The number of carbonyl (C=O) groups is 2. The maximum absolute atomic E-state index is 12.3. The van der Waals surface area contributed by atoms with Crippen molar-refractivity contribution < 1.29 is 14.3 Å². The number of nitrogens with one attached hydrogen (secondary N) is 1. The van der Waals surface area contributed by atoms with Crippen molar-refractivity contribution in [3.05, 3.63) is 70.7 Å². The molecule has 27 heavy (non-hydrogen) atoms. The molecule has 0 unspecified atom stereocenters. The van der Waals surface area contributed by atoms with Crippen molar-refractivity contribution >= 4 is 23.2 Å². The third-order valence-corrected chi connectivity index (χ3v) is 5.05. The quantitative estimate of drug-likeness (QED) is 0.658. The molecule has 0 saturated heterocycles. The lowest BCUT2D eigenvalue weighted by Crippen LogP contribution is -2.24. The van der Waals surface area contributed by atoms with Crippen LogP contribution in [0.1, 0.15) is 25.6 Å². The second-order valence-corrected chi connectivity index (χ2v) is 6.86. The highest BCUT2D eigenvalue weighted by atomic mass is 32.1. The minimum Gasteiger partial charge on any atom is -0.497 e. The van der Waals surface area contributed by atoms with Crippen LogP contribution in [0.15, 0.2) is 54.7 Å². The van der Waals surface area contributed by atoms with E-state index >= 15 is 0 Å². The number of aromatic nitrogens is 1. The topological polar surface area (TPSA) is 94.3 Å². The molecule has 6 nitrogen and oxygen atoms in total. The molecule has 1 heterocycles. The lowest BCUT2D eigenvalue weighted by molar-refractivity contribution is 0.0956. The molecule has 2 aromatic carbocycles. The van der Waals surface area contributed by atoms with E-state index in [9.17, 15) is 9.59 Å². The van der Waals surface area contributed by atoms with Gasteiger partial charge >= 0.3 is 0 Å². The fourth-order valence-corrected chi connectivity index (χ4v) is 3.33. The van der Waals surface area contributed by atoms with Crippen LogP contribution in [0.4, 0.5) is 0 Å². The normalized spacial score (nSPS) is 10.4. The summed E-state index contributed by atoms with van der Waals surface area (Å²) in [5.74, 6) is 0.183. The van der Waals surface area contributed by atoms with Crippen LogP contribution in [-0.4, -0.2) is 30.5 Å². The van der Waals surface area contributed by atoms with Crippen LogP contribution >= 0.6 is 11.3 Å². The first-order chi connectivity index (χ1) is 13.1. The molecule has 7 heteroatoms. The van der Waals surface area contributed by atoms with Gasteiger partial charge in [-0.3, -0.25) is 9.59 Å². The number of thiazole rings is 1. The number of hydrogen-bond donors (Lipinski definition) is 2. The zero-order valence-corrected chi connectivity index (χ0v) is 15.6. The molecule has 0 aliphatic heterocycles. The zero-order chi connectivity index (χ0) is 19.2. The summed E-state index contributed by atoms with van der Waals surface area (Å²) in [6.45, 7) is 0.533. The van der Waals surface area contributed by atoms with Gasteiger partial charge in [-0.15, -0.1) is 11.3 Å². The summed E-state index contributed by atoms with van der Waals surface area (Å²) >= 11 is 1.30.